The Morgan fingerprint density at radius 2 is 2.00 bits per heavy atom. The van der Waals surface area contributed by atoms with Gasteiger partial charge < -0.3 is 5.11 Å². The summed E-state index contributed by atoms with van der Waals surface area (Å²) in [4.78, 5) is 1.03. The molecule has 1 N–H and O–H groups in total. The van der Waals surface area contributed by atoms with E-state index in [1.54, 1.807) is 11.3 Å². The molecular weight excluding hydrogens is 328 g/mol. The molecule has 0 aliphatic carbocycles. The van der Waals surface area contributed by atoms with Gasteiger partial charge in [-0.15, -0.1) is 11.3 Å². The predicted octanol–water partition coefficient (Wildman–Crippen LogP) is 4.74. The molecule has 0 saturated carbocycles. The Hall–Kier alpha value is 0.620. The van der Waals surface area contributed by atoms with Crippen molar-refractivity contribution in [1.29, 1.82) is 0 Å². The van der Waals surface area contributed by atoms with Crippen molar-refractivity contribution in [1.82, 2.24) is 0 Å². The first-order valence-electron chi connectivity index (χ1n) is 4.63. The summed E-state index contributed by atoms with van der Waals surface area (Å²) >= 11 is 8.44. The van der Waals surface area contributed by atoms with E-state index in [-0.39, 0.29) is 6.10 Å². The van der Waals surface area contributed by atoms with Crippen LogP contribution in [0.15, 0.2) is 14.3 Å². The number of hydrogen-bond acceptors (Lipinski definition) is 2. The van der Waals surface area contributed by atoms with Crippen molar-refractivity contribution in [3.8, 4) is 0 Å². The number of aliphatic hydroxyl groups is 1. The SMILES string of the molecule is CC(C)CCC(O)c1cc(Br)c(Br)s1. The molecular formula is C10H14Br2OS. The van der Waals surface area contributed by atoms with Gasteiger partial charge in [0.05, 0.1) is 9.89 Å². The van der Waals surface area contributed by atoms with Gasteiger partial charge in [-0.2, -0.15) is 0 Å². The molecule has 0 radical (unpaired) electrons. The van der Waals surface area contributed by atoms with Gasteiger partial charge in [0.25, 0.3) is 0 Å². The molecule has 1 nitrogen and oxygen atoms in total. The summed E-state index contributed by atoms with van der Waals surface area (Å²) in [6.45, 7) is 4.35. The molecule has 0 fully saturated rings. The first-order valence-corrected chi connectivity index (χ1v) is 7.03. The molecule has 0 amide bonds. The Kier molecular flexibility index (Phi) is 5.11. The van der Waals surface area contributed by atoms with E-state index >= 15 is 0 Å². The zero-order valence-electron chi connectivity index (χ0n) is 8.26. The van der Waals surface area contributed by atoms with Crippen LogP contribution in [0, 0.1) is 5.92 Å². The highest BCUT2D eigenvalue weighted by atomic mass is 79.9. The third kappa shape index (κ3) is 3.65. The minimum absolute atomic E-state index is 0.315. The van der Waals surface area contributed by atoms with Crippen LogP contribution < -0.4 is 0 Å². The van der Waals surface area contributed by atoms with Gasteiger partial charge in [0.15, 0.2) is 0 Å². The van der Waals surface area contributed by atoms with Crippen molar-refractivity contribution in [3.05, 3.63) is 19.2 Å². The van der Waals surface area contributed by atoms with Crippen LogP contribution in [0.4, 0.5) is 0 Å². The molecule has 4 heteroatoms. The van der Waals surface area contributed by atoms with E-state index < -0.39 is 0 Å². The summed E-state index contributed by atoms with van der Waals surface area (Å²) in [5.41, 5.74) is 0. The van der Waals surface area contributed by atoms with Gasteiger partial charge in [-0.1, -0.05) is 13.8 Å². The molecule has 0 spiro atoms. The monoisotopic (exact) mass is 340 g/mol. The minimum atomic E-state index is -0.315. The van der Waals surface area contributed by atoms with E-state index in [4.69, 9.17) is 0 Å². The van der Waals surface area contributed by atoms with Gasteiger partial charge >= 0.3 is 0 Å². The zero-order chi connectivity index (χ0) is 10.7. The summed E-state index contributed by atoms with van der Waals surface area (Å²) < 4.78 is 2.08. The van der Waals surface area contributed by atoms with Crippen LogP contribution in [0.5, 0.6) is 0 Å². The number of aliphatic hydroxyl groups excluding tert-OH is 1. The molecule has 1 atom stereocenters. The standard InChI is InChI=1S/C10H14Br2OS/c1-6(2)3-4-8(13)9-5-7(11)10(12)14-9/h5-6,8,13H,3-4H2,1-2H3. The molecule has 0 saturated heterocycles. The Morgan fingerprint density at radius 3 is 2.43 bits per heavy atom. The summed E-state index contributed by atoms with van der Waals surface area (Å²) in [6, 6.07) is 1.99. The number of thiophene rings is 1. The van der Waals surface area contributed by atoms with Gasteiger partial charge in [-0.05, 0) is 56.7 Å². The van der Waals surface area contributed by atoms with Crippen molar-refractivity contribution < 1.29 is 5.11 Å². The Labute approximate surface area is 106 Å². The van der Waals surface area contributed by atoms with Crippen LogP contribution in [0.25, 0.3) is 0 Å². The lowest BCUT2D eigenvalue weighted by molar-refractivity contribution is 0.163. The predicted molar refractivity (Wildman–Crippen MR) is 68.8 cm³/mol. The van der Waals surface area contributed by atoms with Crippen molar-refractivity contribution in [2.75, 3.05) is 0 Å². The smallest absolute Gasteiger partial charge is 0.0882 e. The number of hydrogen-bond donors (Lipinski definition) is 1. The van der Waals surface area contributed by atoms with Gasteiger partial charge in [-0.3, -0.25) is 0 Å². The lowest BCUT2D eigenvalue weighted by atomic mass is 10.0. The maximum Gasteiger partial charge on any atom is 0.0882 e. The summed E-state index contributed by atoms with van der Waals surface area (Å²) in [5, 5.41) is 9.88. The molecule has 1 rings (SSSR count). The fourth-order valence-corrected chi connectivity index (χ4v) is 3.27. The Bertz CT molecular complexity index is 277. The highest BCUT2D eigenvalue weighted by Crippen LogP contribution is 2.36. The third-order valence-electron chi connectivity index (χ3n) is 2.01. The topological polar surface area (TPSA) is 20.2 Å². The van der Waals surface area contributed by atoms with E-state index in [9.17, 15) is 5.11 Å². The maximum absolute atomic E-state index is 9.88. The van der Waals surface area contributed by atoms with Gasteiger partial charge in [0.2, 0.25) is 0 Å². The Balaban J connectivity index is 2.56. The van der Waals surface area contributed by atoms with E-state index in [1.165, 1.54) is 0 Å². The van der Waals surface area contributed by atoms with E-state index in [0.29, 0.717) is 5.92 Å². The van der Waals surface area contributed by atoms with Crippen LogP contribution >= 0.6 is 43.2 Å². The van der Waals surface area contributed by atoms with E-state index in [1.807, 2.05) is 6.07 Å². The zero-order valence-corrected chi connectivity index (χ0v) is 12.2. The first kappa shape index (κ1) is 12.7. The van der Waals surface area contributed by atoms with Gasteiger partial charge in [0, 0.05) is 9.35 Å². The molecule has 0 aliphatic heterocycles. The lowest BCUT2D eigenvalue weighted by Gasteiger charge is -2.09. The molecule has 1 heterocycles. The fraction of sp³-hybridized carbons (Fsp3) is 0.600. The second kappa shape index (κ2) is 5.64. The first-order chi connectivity index (χ1) is 6.50. The maximum atomic E-state index is 9.88. The fourth-order valence-electron chi connectivity index (χ4n) is 1.16. The van der Waals surface area contributed by atoms with Crippen LogP contribution in [0.3, 0.4) is 0 Å². The van der Waals surface area contributed by atoms with Crippen molar-refractivity contribution in [3.63, 3.8) is 0 Å². The highest BCUT2D eigenvalue weighted by Gasteiger charge is 2.13. The second-order valence-corrected chi connectivity index (χ2v) is 7.01. The molecule has 0 aromatic carbocycles. The normalized spacial score (nSPS) is 13.6. The lowest BCUT2D eigenvalue weighted by Crippen LogP contribution is -1.97. The van der Waals surface area contributed by atoms with Gasteiger partial charge in [0.1, 0.15) is 0 Å². The Morgan fingerprint density at radius 1 is 1.36 bits per heavy atom. The van der Waals surface area contributed by atoms with Crippen LogP contribution in [0.2, 0.25) is 0 Å². The molecule has 1 unspecified atom stereocenters. The quantitative estimate of drug-likeness (QED) is 0.838. The number of rotatable bonds is 4. The van der Waals surface area contributed by atoms with Crippen molar-refractivity contribution in [2.24, 2.45) is 5.92 Å². The molecule has 0 aliphatic rings. The molecule has 0 bridgehead atoms. The van der Waals surface area contributed by atoms with Crippen molar-refractivity contribution in [2.45, 2.75) is 32.8 Å². The molecule has 14 heavy (non-hydrogen) atoms. The van der Waals surface area contributed by atoms with E-state index in [0.717, 1.165) is 26.0 Å². The average Bonchev–Trinajstić information content (AvgIpc) is 2.43. The molecule has 1 aromatic heterocycles. The van der Waals surface area contributed by atoms with Crippen LogP contribution in [-0.4, -0.2) is 5.11 Å². The molecule has 80 valence electrons. The highest BCUT2D eigenvalue weighted by molar-refractivity contribution is 9.13. The van der Waals surface area contributed by atoms with Gasteiger partial charge in [-0.25, -0.2) is 0 Å². The van der Waals surface area contributed by atoms with Crippen LogP contribution in [0.1, 0.15) is 37.7 Å². The summed E-state index contributed by atoms with van der Waals surface area (Å²) in [6.07, 6.45) is 1.59. The summed E-state index contributed by atoms with van der Waals surface area (Å²) in [7, 11) is 0. The largest absolute Gasteiger partial charge is 0.388 e. The van der Waals surface area contributed by atoms with Crippen molar-refractivity contribution >= 4 is 43.2 Å². The van der Waals surface area contributed by atoms with E-state index in [2.05, 4.69) is 45.7 Å². The summed E-state index contributed by atoms with van der Waals surface area (Å²) in [5.74, 6) is 0.650. The van der Waals surface area contributed by atoms with Crippen LogP contribution in [-0.2, 0) is 0 Å². The third-order valence-corrected chi connectivity index (χ3v) is 5.37. The average molecular weight is 342 g/mol. The molecule has 1 aromatic rings. The second-order valence-electron chi connectivity index (χ2n) is 3.76. The minimum Gasteiger partial charge on any atom is -0.388 e. The number of halogens is 2.